The van der Waals surface area contributed by atoms with Crippen LogP contribution in [-0.2, 0) is 0 Å². The Morgan fingerprint density at radius 3 is 2.62 bits per heavy atom. The van der Waals surface area contributed by atoms with Gasteiger partial charge in [-0.05, 0) is 37.1 Å². The van der Waals surface area contributed by atoms with Crippen LogP contribution in [0, 0.1) is 0 Å². The van der Waals surface area contributed by atoms with Crippen LogP contribution >= 0.6 is 15.9 Å². The Kier molecular flexibility index (Phi) is 3.83. The van der Waals surface area contributed by atoms with Crippen LogP contribution in [0.4, 0.5) is 0 Å². The molecule has 1 aliphatic rings. The van der Waals surface area contributed by atoms with Crippen LogP contribution in [-0.4, -0.2) is 23.9 Å². The fraction of sp³-hybridized carbons (Fsp3) is 0.417. The minimum Gasteiger partial charge on any atom is -0.493 e. The molecule has 86 valence electrons. The minimum absolute atomic E-state index is 0.00883. The van der Waals surface area contributed by atoms with E-state index < -0.39 is 0 Å². The summed E-state index contributed by atoms with van der Waals surface area (Å²) in [6.07, 6.45) is 2.22. The fourth-order valence-corrected chi connectivity index (χ4v) is 1.52. The van der Waals surface area contributed by atoms with Gasteiger partial charge in [0.15, 0.2) is 0 Å². The quantitative estimate of drug-likeness (QED) is 0.843. The van der Waals surface area contributed by atoms with Gasteiger partial charge in [0, 0.05) is 16.9 Å². The summed E-state index contributed by atoms with van der Waals surface area (Å²) < 4.78 is 5.40. The third-order valence-electron chi connectivity index (χ3n) is 2.37. The zero-order chi connectivity index (χ0) is 11.4. The van der Waals surface area contributed by atoms with Crippen molar-refractivity contribution in [1.29, 1.82) is 0 Å². The first-order valence-electron chi connectivity index (χ1n) is 5.39. The van der Waals surface area contributed by atoms with E-state index in [0.717, 1.165) is 23.9 Å². The van der Waals surface area contributed by atoms with Crippen LogP contribution in [0.25, 0.3) is 0 Å². The summed E-state index contributed by atoms with van der Waals surface area (Å²) in [5.74, 6) is 0.803. The average molecular weight is 284 g/mol. The van der Waals surface area contributed by atoms with Gasteiger partial charge in [0.1, 0.15) is 5.75 Å². The molecule has 0 aliphatic heterocycles. The minimum atomic E-state index is 0.00883. The zero-order valence-corrected chi connectivity index (χ0v) is 10.5. The van der Waals surface area contributed by atoms with Gasteiger partial charge in [-0.25, -0.2) is 0 Å². The highest BCUT2D eigenvalue weighted by atomic mass is 79.9. The first-order chi connectivity index (χ1) is 7.79. The molecule has 0 atom stereocenters. The molecule has 3 nitrogen and oxygen atoms in total. The van der Waals surface area contributed by atoms with Crippen molar-refractivity contribution in [3.8, 4) is 5.75 Å². The number of ether oxygens (including phenoxy) is 1. The van der Waals surface area contributed by atoms with Crippen molar-refractivity contribution in [2.24, 2.45) is 0 Å². The number of amides is 1. The van der Waals surface area contributed by atoms with Crippen LogP contribution in [0.15, 0.2) is 24.3 Å². The number of carbonyl (C=O) groups is 1. The molecule has 1 aromatic rings. The standard InChI is InChI=1S/C12H14BrNO2/c13-7-8-16-11-5-1-9(2-6-11)12(15)14-10-3-4-10/h1-2,5-6,10H,3-4,7-8H2,(H,14,15). The molecule has 0 spiro atoms. The molecule has 1 aliphatic carbocycles. The Balaban J connectivity index is 1.92. The molecule has 1 aromatic carbocycles. The van der Waals surface area contributed by atoms with E-state index in [-0.39, 0.29) is 5.91 Å². The Hall–Kier alpha value is -1.03. The lowest BCUT2D eigenvalue weighted by molar-refractivity contribution is 0.0951. The van der Waals surface area contributed by atoms with Crippen LogP contribution in [0.3, 0.4) is 0 Å². The normalized spacial score (nSPS) is 14.6. The maximum absolute atomic E-state index is 11.7. The second-order valence-corrected chi connectivity index (χ2v) is 4.60. The SMILES string of the molecule is O=C(NC1CC1)c1ccc(OCCBr)cc1. The summed E-state index contributed by atoms with van der Waals surface area (Å²) in [5, 5.41) is 3.75. The molecule has 0 radical (unpaired) electrons. The van der Waals surface area contributed by atoms with Crippen molar-refractivity contribution in [1.82, 2.24) is 5.32 Å². The second-order valence-electron chi connectivity index (χ2n) is 3.81. The molecule has 0 bridgehead atoms. The summed E-state index contributed by atoms with van der Waals surface area (Å²) in [6.45, 7) is 0.633. The van der Waals surface area contributed by atoms with E-state index in [1.807, 2.05) is 12.1 Å². The van der Waals surface area contributed by atoms with Crippen molar-refractivity contribution in [2.75, 3.05) is 11.9 Å². The molecular formula is C12H14BrNO2. The van der Waals surface area contributed by atoms with Gasteiger partial charge in [-0.1, -0.05) is 15.9 Å². The molecule has 1 amide bonds. The summed E-state index contributed by atoms with van der Waals surface area (Å²) in [4.78, 5) is 11.7. The molecule has 1 saturated carbocycles. The molecule has 0 heterocycles. The van der Waals surface area contributed by atoms with Crippen molar-refractivity contribution in [2.45, 2.75) is 18.9 Å². The van der Waals surface area contributed by atoms with Crippen molar-refractivity contribution in [3.63, 3.8) is 0 Å². The Bertz CT molecular complexity index is 360. The van der Waals surface area contributed by atoms with Crippen molar-refractivity contribution >= 4 is 21.8 Å². The molecule has 1 fully saturated rings. The monoisotopic (exact) mass is 283 g/mol. The number of alkyl halides is 1. The van der Waals surface area contributed by atoms with E-state index in [9.17, 15) is 4.79 Å². The van der Waals surface area contributed by atoms with E-state index >= 15 is 0 Å². The third-order valence-corrected chi connectivity index (χ3v) is 2.70. The Morgan fingerprint density at radius 2 is 2.06 bits per heavy atom. The fourth-order valence-electron chi connectivity index (χ4n) is 1.36. The van der Waals surface area contributed by atoms with E-state index in [0.29, 0.717) is 18.2 Å². The number of nitrogens with one attached hydrogen (secondary N) is 1. The lowest BCUT2D eigenvalue weighted by Gasteiger charge is -2.06. The van der Waals surface area contributed by atoms with E-state index in [1.165, 1.54) is 0 Å². The van der Waals surface area contributed by atoms with E-state index in [1.54, 1.807) is 12.1 Å². The molecule has 4 heteroatoms. The lowest BCUT2D eigenvalue weighted by atomic mass is 10.2. The predicted octanol–water partition coefficient (Wildman–Crippen LogP) is 2.35. The Morgan fingerprint density at radius 1 is 1.38 bits per heavy atom. The molecule has 0 unspecified atom stereocenters. The summed E-state index contributed by atoms with van der Waals surface area (Å²) in [5.41, 5.74) is 0.693. The molecule has 16 heavy (non-hydrogen) atoms. The average Bonchev–Trinajstić information content (AvgIpc) is 3.11. The van der Waals surface area contributed by atoms with Gasteiger partial charge in [-0.3, -0.25) is 4.79 Å². The topological polar surface area (TPSA) is 38.3 Å². The highest BCUT2D eigenvalue weighted by Crippen LogP contribution is 2.20. The van der Waals surface area contributed by atoms with Crippen LogP contribution in [0.5, 0.6) is 5.75 Å². The maximum Gasteiger partial charge on any atom is 0.251 e. The van der Waals surface area contributed by atoms with Crippen molar-refractivity contribution in [3.05, 3.63) is 29.8 Å². The van der Waals surface area contributed by atoms with Crippen LogP contribution < -0.4 is 10.1 Å². The number of benzene rings is 1. The van der Waals surface area contributed by atoms with Gasteiger partial charge in [0.25, 0.3) is 5.91 Å². The molecule has 2 rings (SSSR count). The second kappa shape index (κ2) is 5.34. The number of rotatable bonds is 5. The van der Waals surface area contributed by atoms with Gasteiger partial charge < -0.3 is 10.1 Å². The van der Waals surface area contributed by atoms with Crippen LogP contribution in [0.2, 0.25) is 0 Å². The molecule has 0 saturated heterocycles. The van der Waals surface area contributed by atoms with Gasteiger partial charge in [0.2, 0.25) is 0 Å². The summed E-state index contributed by atoms with van der Waals surface area (Å²) >= 11 is 3.29. The third kappa shape index (κ3) is 3.23. The maximum atomic E-state index is 11.7. The highest BCUT2D eigenvalue weighted by molar-refractivity contribution is 9.09. The van der Waals surface area contributed by atoms with Gasteiger partial charge >= 0.3 is 0 Å². The molecule has 0 aromatic heterocycles. The number of halogens is 1. The Labute approximate surface area is 103 Å². The van der Waals surface area contributed by atoms with Crippen LogP contribution in [0.1, 0.15) is 23.2 Å². The number of hydrogen-bond acceptors (Lipinski definition) is 2. The van der Waals surface area contributed by atoms with Gasteiger partial charge in [-0.15, -0.1) is 0 Å². The van der Waals surface area contributed by atoms with Crippen molar-refractivity contribution < 1.29 is 9.53 Å². The van der Waals surface area contributed by atoms with Gasteiger partial charge in [-0.2, -0.15) is 0 Å². The first kappa shape index (κ1) is 11.5. The summed E-state index contributed by atoms with van der Waals surface area (Å²) in [7, 11) is 0. The zero-order valence-electron chi connectivity index (χ0n) is 8.91. The van der Waals surface area contributed by atoms with E-state index in [2.05, 4.69) is 21.2 Å². The largest absolute Gasteiger partial charge is 0.493 e. The lowest BCUT2D eigenvalue weighted by Crippen LogP contribution is -2.25. The number of carbonyl (C=O) groups excluding carboxylic acids is 1. The summed E-state index contributed by atoms with van der Waals surface area (Å²) in [6, 6.07) is 7.63. The van der Waals surface area contributed by atoms with Gasteiger partial charge in [0.05, 0.1) is 6.61 Å². The first-order valence-corrected chi connectivity index (χ1v) is 6.51. The van der Waals surface area contributed by atoms with E-state index in [4.69, 9.17) is 4.74 Å². The predicted molar refractivity (Wildman–Crippen MR) is 66.2 cm³/mol. The molecule has 1 N–H and O–H groups in total. The molecular weight excluding hydrogens is 270 g/mol. The highest BCUT2D eigenvalue weighted by Gasteiger charge is 2.23. The number of hydrogen-bond donors (Lipinski definition) is 1. The smallest absolute Gasteiger partial charge is 0.251 e.